The van der Waals surface area contributed by atoms with E-state index in [2.05, 4.69) is 15.6 Å². The van der Waals surface area contributed by atoms with Gasteiger partial charge < -0.3 is 10.6 Å². The molecule has 1 amide bonds. The highest BCUT2D eigenvalue weighted by Crippen LogP contribution is 2.25. The third-order valence-electron chi connectivity index (χ3n) is 4.87. The molecule has 1 saturated carbocycles. The number of nitrogens with zero attached hydrogens (tertiary/aromatic N) is 3. The van der Waals surface area contributed by atoms with Gasteiger partial charge in [0.05, 0.1) is 11.9 Å². The molecular weight excluding hydrogens is 350 g/mol. The topological polar surface area (TPSA) is 71.3 Å². The molecule has 1 aliphatic carbocycles. The Morgan fingerprint density at radius 1 is 1.12 bits per heavy atom. The first kappa shape index (κ1) is 16.8. The predicted molar refractivity (Wildman–Crippen MR) is 102 cm³/mol. The fourth-order valence-electron chi connectivity index (χ4n) is 3.50. The van der Waals surface area contributed by atoms with Gasteiger partial charge in [0.15, 0.2) is 5.65 Å². The lowest BCUT2D eigenvalue weighted by atomic mass is 9.91. The van der Waals surface area contributed by atoms with Crippen LogP contribution in [0, 0.1) is 0 Å². The number of amides is 1. The Kier molecular flexibility index (Phi) is 4.75. The highest BCUT2D eigenvalue weighted by atomic mass is 35.5. The highest BCUT2D eigenvalue weighted by molar-refractivity contribution is 6.30. The molecule has 2 aromatic heterocycles. The van der Waals surface area contributed by atoms with Gasteiger partial charge in [-0.2, -0.15) is 0 Å². The zero-order valence-corrected chi connectivity index (χ0v) is 15.0. The molecule has 7 heteroatoms. The van der Waals surface area contributed by atoms with Crippen LogP contribution in [-0.2, 0) is 4.79 Å². The van der Waals surface area contributed by atoms with Crippen molar-refractivity contribution in [3.8, 4) is 11.3 Å². The first-order chi connectivity index (χ1) is 12.7. The summed E-state index contributed by atoms with van der Waals surface area (Å²) in [5.74, 6) is 0.825. The average molecular weight is 370 g/mol. The van der Waals surface area contributed by atoms with Crippen LogP contribution in [0.2, 0.25) is 5.02 Å². The van der Waals surface area contributed by atoms with E-state index in [0.717, 1.165) is 54.8 Å². The van der Waals surface area contributed by atoms with Crippen LogP contribution in [0.1, 0.15) is 25.7 Å². The van der Waals surface area contributed by atoms with E-state index in [1.54, 1.807) is 0 Å². The number of halogens is 1. The maximum Gasteiger partial charge on any atom is 0.207 e. The second-order valence-corrected chi connectivity index (χ2v) is 7.06. The maximum absolute atomic E-state index is 10.6. The molecule has 0 bridgehead atoms. The number of rotatable bonds is 5. The lowest BCUT2D eigenvalue weighted by molar-refractivity contribution is -0.110. The summed E-state index contributed by atoms with van der Waals surface area (Å²) in [4.78, 5) is 15.0. The Balaban J connectivity index is 1.54. The van der Waals surface area contributed by atoms with Gasteiger partial charge >= 0.3 is 0 Å². The second-order valence-electron chi connectivity index (χ2n) is 6.62. The van der Waals surface area contributed by atoms with Gasteiger partial charge in [-0.15, -0.1) is 5.10 Å². The SMILES string of the molecule is O=CN[C@H]1CC[C@H](Nc2ccc3ncc(-c4cccc(Cl)c4)n3n2)CC1. The molecule has 134 valence electrons. The summed E-state index contributed by atoms with van der Waals surface area (Å²) in [6.07, 6.45) is 6.60. The van der Waals surface area contributed by atoms with Gasteiger partial charge in [-0.25, -0.2) is 9.50 Å². The quantitative estimate of drug-likeness (QED) is 0.675. The predicted octanol–water partition coefficient (Wildman–Crippen LogP) is 3.52. The molecule has 0 unspecified atom stereocenters. The number of benzene rings is 1. The van der Waals surface area contributed by atoms with Crippen molar-refractivity contribution in [2.75, 3.05) is 5.32 Å². The molecule has 1 fully saturated rings. The summed E-state index contributed by atoms with van der Waals surface area (Å²) in [5.41, 5.74) is 2.68. The van der Waals surface area contributed by atoms with Crippen LogP contribution in [-0.4, -0.2) is 33.1 Å². The molecule has 0 spiro atoms. The van der Waals surface area contributed by atoms with E-state index in [1.807, 2.05) is 47.1 Å². The molecule has 0 atom stereocenters. The zero-order valence-electron chi connectivity index (χ0n) is 14.2. The summed E-state index contributed by atoms with van der Waals surface area (Å²) in [6.45, 7) is 0. The molecule has 1 aromatic carbocycles. The van der Waals surface area contributed by atoms with Gasteiger partial charge in [-0.05, 0) is 49.9 Å². The normalized spacial score (nSPS) is 20.0. The molecule has 2 heterocycles. The van der Waals surface area contributed by atoms with Gasteiger partial charge in [0, 0.05) is 22.7 Å². The number of aromatic nitrogens is 3. The van der Waals surface area contributed by atoms with Crippen molar-refractivity contribution >= 4 is 29.5 Å². The van der Waals surface area contributed by atoms with E-state index >= 15 is 0 Å². The van der Waals surface area contributed by atoms with Gasteiger partial charge in [0.25, 0.3) is 0 Å². The van der Waals surface area contributed by atoms with Crippen LogP contribution in [0.5, 0.6) is 0 Å². The fourth-order valence-corrected chi connectivity index (χ4v) is 3.70. The molecule has 4 rings (SSSR count). The third-order valence-corrected chi connectivity index (χ3v) is 5.10. The van der Waals surface area contributed by atoms with Crippen LogP contribution in [0.3, 0.4) is 0 Å². The number of hydrogen-bond donors (Lipinski definition) is 2. The van der Waals surface area contributed by atoms with Gasteiger partial charge in [-0.1, -0.05) is 23.7 Å². The zero-order chi connectivity index (χ0) is 17.9. The second kappa shape index (κ2) is 7.33. The number of nitrogens with one attached hydrogen (secondary N) is 2. The lowest BCUT2D eigenvalue weighted by Gasteiger charge is -2.28. The molecule has 0 aliphatic heterocycles. The summed E-state index contributed by atoms with van der Waals surface area (Å²) >= 11 is 6.12. The first-order valence-corrected chi connectivity index (χ1v) is 9.18. The van der Waals surface area contributed by atoms with E-state index in [-0.39, 0.29) is 0 Å². The van der Waals surface area contributed by atoms with Gasteiger partial charge in [0.2, 0.25) is 6.41 Å². The molecule has 0 saturated heterocycles. The minimum atomic E-state index is 0.295. The fraction of sp³-hybridized carbons (Fsp3) is 0.316. The number of fused-ring (bicyclic) bond motifs is 1. The number of hydrogen-bond acceptors (Lipinski definition) is 4. The minimum Gasteiger partial charge on any atom is -0.366 e. The molecule has 26 heavy (non-hydrogen) atoms. The molecule has 3 aromatic rings. The number of imidazole rings is 1. The molecule has 0 radical (unpaired) electrons. The first-order valence-electron chi connectivity index (χ1n) is 8.80. The average Bonchev–Trinajstić information content (AvgIpc) is 3.07. The van der Waals surface area contributed by atoms with Crippen LogP contribution in [0.25, 0.3) is 16.9 Å². The van der Waals surface area contributed by atoms with Crippen molar-refractivity contribution in [1.82, 2.24) is 19.9 Å². The van der Waals surface area contributed by atoms with Crippen LogP contribution < -0.4 is 10.6 Å². The maximum atomic E-state index is 10.6. The van der Waals surface area contributed by atoms with E-state index in [4.69, 9.17) is 16.7 Å². The Labute approximate surface area is 156 Å². The largest absolute Gasteiger partial charge is 0.366 e. The summed E-state index contributed by atoms with van der Waals surface area (Å²) < 4.78 is 1.84. The lowest BCUT2D eigenvalue weighted by Crippen LogP contribution is -2.36. The Morgan fingerprint density at radius 2 is 1.92 bits per heavy atom. The van der Waals surface area contributed by atoms with Crippen molar-refractivity contribution in [3.63, 3.8) is 0 Å². The van der Waals surface area contributed by atoms with E-state index in [1.165, 1.54) is 0 Å². The van der Waals surface area contributed by atoms with E-state index < -0.39 is 0 Å². The molecule has 1 aliphatic rings. The van der Waals surface area contributed by atoms with Crippen molar-refractivity contribution in [2.24, 2.45) is 0 Å². The standard InChI is InChI=1S/C19H20ClN5O/c20-14-3-1-2-13(10-14)17-11-21-19-9-8-18(24-25(17)19)23-16-6-4-15(5-7-16)22-12-26/h1-3,8-12,15-16H,4-7H2,(H,22,26)(H,23,24)/t15-,16-. The Bertz CT molecular complexity index is 917. The number of carbonyl (C=O) groups excluding carboxylic acids is 1. The van der Waals surface area contributed by atoms with Gasteiger partial charge in [0.1, 0.15) is 5.82 Å². The van der Waals surface area contributed by atoms with E-state index in [9.17, 15) is 4.79 Å². The highest BCUT2D eigenvalue weighted by Gasteiger charge is 2.21. The number of carbonyl (C=O) groups is 1. The van der Waals surface area contributed by atoms with E-state index in [0.29, 0.717) is 17.1 Å². The van der Waals surface area contributed by atoms with Crippen molar-refractivity contribution < 1.29 is 4.79 Å². The third kappa shape index (κ3) is 3.51. The van der Waals surface area contributed by atoms with Crippen LogP contribution in [0.4, 0.5) is 5.82 Å². The molecular formula is C19H20ClN5O. The Morgan fingerprint density at radius 3 is 2.69 bits per heavy atom. The van der Waals surface area contributed by atoms with Crippen LogP contribution in [0.15, 0.2) is 42.6 Å². The minimum absolute atomic E-state index is 0.295. The summed E-state index contributed by atoms with van der Waals surface area (Å²) in [7, 11) is 0. The Hall–Kier alpha value is -2.60. The smallest absolute Gasteiger partial charge is 0.207 e. The van der Waals surface area contributed by atoms with Crippen molar-refractivity contribution in [1.29, 1.82) is 0 Å². The number of anilines is 1. The monoisotopic (exact) mass is 369 g/mol. The molecule has 6 nitrogen and oxygen atoms in total. The van der Waals surface area contributed by atoms with Crippen molar-refractivity contribution in [3.05, 3.63) is 47.6 Å². The van der Waals surface area contributed by atoms with Gasteiger partial charge in [-0.3, -0.25) is 4.79 Å². The summed E-state index contributed by atoms with van der Waals surface area (Å²) in [5, 5.41) is 11.8. The summed E-state index contributed by atoms with van der Waals surface area (Å²) in [6, 6.07) is 12.3. The van der Waals surface area contributed by atoms with Crippen LogP contribution >= 0.6 is 11.6 Å². The van der Waals surface area contributed by atoms with Crippen molar-refractivity contribution in [2.45, 2.75) is 37.8 Å². The molecule has 2 N–H and O–H groups in total.